The first-order chi connectivity index (χ1) is 14.0. The second kappa shape index (κ2) is 22.5. The summed E-state index contributed by atoms with van der Waals surface area (Å²) in [5.41, 5.74) is 0. The van der Waals surface area contributed by atoms with Crippen LogP contribution in [-0.4, -0.2) is 55.2 Å². The number of halogens is 1. The quantitative estimate of drug-likeness (QED) is 0.122. The van der Waals surface area contributed by atoms with Crippen molar-refractivity contribution < 1.29 is 13.3 Å². The molecule has 0 amide bonds. The maximum absolute atomic E-state index is 5.61. The number of rotatable bonds is 22. The molecule has 0 aliphatic heterocycles. The van der Waals surface area contributed by atoms with Crippen LogP contribution in [0.15, 0.2) is 0 Å². The summed E-state index contributed by atoms with van der Waals surface area (Å²) in [5.74, 6) is 0. The van der Waals surface area contributed by atoms with E-state index in [2.05, 4.69) is 25.9 Å². The zero-order valence-corrected chi connectivity index (χ0v) is 23.0. The fraction of sp³-hybridized carbons (Fsp3) is 1.00. The smallest absolute Gasteiger partial charge is 0.377 e. The fourth-order valence-corrected chi connectivity index (χ4v) is 6.23. The summed E-state index contributed by atoms with van der Waals surface area (Å²) in [6, 6.07) is 1.32. The Morgan fingerprint density at radius 1 is 0.600 bits per heavy atom. The highest BCUT2D eigenvalue weighted by Crippen LogP contribution is 2.22. The van der Waals surface area contributed by atoms with Gasteiger partial charge in [-0.3, -0.25) is 0 Å². The Morgan fingerprint density at radius 2 is 0.933 bits per heavy atom. The van der Waals surface area contributed by atoms with Crippen LogP contribution in [0.25, 0.3) is 0 Å². The van der Waals surface area contributed by atoms with E-state index in [1.54, 1.807) is 21.3 Å². The van der Waals surface area contributed by atoms with E-state index >= 15 is 0 Å². The molecular formula is C24H54ClNO3Si. The van der Waals surface area contributed by atoms with E-state index in [0.29, 0.717) is 6.04 Å². The van der Waals surface area contributed by atoms with Crippen molar-refractivity contribution in [3.63, 3.8) is 0 Å². The van der Waals surface area contributed by atoms with Gasteiger partial charge in [0, 0.05) is 33.4 Å². The molecule has 30 heavy (non-hydrogen) atoms. The van der Waals surface area contributed by atoms with E-state index in [4.69, 9.17) is 13.3 Å². The predicted molar refractivity (Wildman–Crippen MR) is 136 cm³/mol. The van der Waals surface area contributed by atoms with Gasteiger partial charge in [-0.15, -0.1) is 12.4 Å². The molecule has 0 aliphatic rings. The molecule has 0 fully saturated rings. The average Bonchev–Trinajstić information content (AvgIpc) is 2.73. The van der Waals surface area contributed by atoms with Crippen molar-refractivity contribution >= 4 is 21.2 Å². The molecule has 0 aromatic carbocycles. The Labute approximate surface area is 196 Å². The molecule has 0 saturated heterocycles. The van der Waals surface area contributed by atoms with Crippen LogP contribution in [0.1, 0.15) is 110 Å². The molecular weight excluding hydrogens is 414 g/mol. The number of hydrogen-bond donors (Lipinski definition) is 0. The van der Waals surface area contributed by atoms with Gasteiger partial charge >= 0.3 is 8.80 Å². The molecule has 1 atom stereocenters. The summed E-state index contributed by atoms with van der Waals surface area (Å²) in [7, 11) is 6.93. The van der Waals surface area contributed by atoms with Gasteiger partial charge in [-0.05, 0) is 20.5 Å². The van der Waals surface area contributed by atoms with E-state index in [1.165, 1.54) is 103 Å². The van der Waals surface area contributed by atoms with Gasteiger partial charge in [0.2, 0.25) is 0 Å². The molecule has 0 aromatic rings. The topological polar surface area (TPSA) is 30.9 Å². The molecule has 0 heterocycles. The molecule has 0 bridgehead atoms. The molecule has 0 rings (SSSR count). The van der Waals surface area contributed by atoms with Gasteiger partial charge in [-0.2, -0.15) is 0 Å². The van der Waals surface area contributed by atoms with Crippen molar-refractivity contribution in [3.05, 3.63) is 0 Å². The lowest BCUT2D eigenvalue weighted by molar-refractivity contribution is 0.112. The Kier molecular flexibility index (Phi) is 24.4. The molecule has 0 aromatic heterocycles. The number of hydrogen-bond acceptors (Lipinski definition) is 4. The molecule has 0 aliphatic carbocycles. The van der Waals surface area contributed by atoms with Crippen LogP contribution in [-0.2, 0) is 13.3 Å². The lowest BCUT2D eigenvalue weighted by atomic mass is 10.0. The van der Waals surface area contributed by atoms with Crippen LogP contribution in [0.4, 0.5) is 0 Å². The summed E-state index contributed by atoms with van der Waals surface area (Å²) < 4.78 is 16.8. The van der Waals surface area contributed by atoms with Crippen LogP contribution in [0.2, 0.25) is 6.04 Å². The molecule has 1 unspecified atom stereocenters. The Hall–Kier alpha value is 0.347. The van der Waals surface area contributed by atoms with Crippen molar-refractivity contribution in [1.82, 2.24) is 4.90 Å². The molecule has 184 valence electrons. The third kappa shape index (κ3) is 17.0. The van der Waals surface area contributed by atoms with Crippen LogP contribution >= 0.6 is 12.4 Å². The zero-order chi connectivity index (χ0) is 21.8. The summed E-state index contributed by atoms with van der Waals surface area (Å²) >= 11 is 0. The van der Waals surface area contributed by atoms with Crippen molar-refractivity contribution in [2.24, 2.45) is 0 Å². The standard InChI is InChI=1S/C24H53NO3Si.ClH/c1-7-8-9-10-11-12-13-14-15-16-17-18-19-20-21-22-24(25(2)3)23-29(26-4,27-5)28-6;/h24H,7-23H2,1-6H3;1H. The summed E-state index contributed by atoms with van der Waals surface area (Å²) in [6.45, 7) is 2.29. The third-order valence-electron chi connectivity index (χ3n) is 6.29. The zero-order valence-electron chi connectivity index (χ0n) is 21.2. The highest BCUT2D eigenvalue weighted by atomic mass is 35.5. The van der Waals surface area contributed by atoms with E-state index in [1.807, 2.05) is 0 Å². The molecule has 0 radical (unpaired) electrons. The minimum Gasteiger partial charge on any atom is -0.377 e. The highest BCUT2D eigenvalue weighted by Gasteiger charge is 2.40. The van der Waals surface area contributed by atoms with Gasteiger partial charge in [0.25, 0.3) is 0 Å². The third-order valence-corrected chi connectivity index (χ3v) is 9.13. The maximum Gasteiger partial charge on any atom is 0.501 e. The van der Waals surface area contributed by atoms with Gasteiger partial charge in [-0.25, -0.2) is 0 Å². The summed E-state index contributed by atoms with van der Waals surface area (Å²) in [5, 5.41) is 0. The Bertz CT molecular complexity index is 336. The monoisotopic (exact) mass is 467 g/mol. The Morgan fingerprint density at radius 3 is 1.23 bits per heavy atom. The second-order valence-electron chi connectivity index (χ2n) is 8.86. The Balaban J connectivity index is 0. The molecule has 0 N–H and O–H groups in total. The lowest BCUT2D eigenvalue weighted by Crippen LogP contribution is -2.48. The minimum absolute atomic E-state index is 0. The fourth-order valence-electron chi connectivity index (χ4n) is 4.08. The molecule has 4 nitrogen and oxygen atoms in total. The first-order valence-electron chi connectivity index (χ1n) is 12.4. The number of nitrogens with zero attached hydrogens (tertiary/aromatic N) is 1. The van der Waals surface area contributed by atoms with Gasteiger partial charge in [0.1, 0.15) is 0 Å². The number of unbranched alkanes of at least 4 members (excludes halogenated alkanes) is 14. The minimum atomic E-state index is -2.49. The lowest BCUT2D eigenvalue weighted by Gasteiger charge is -2.32. The van der Waals surface area contributed by atoms with Crippen LogP contribution < -0.4 is 0 Å². The van der Waals surface area contributed by atoms with Crippen molar-refractivity contribution in [1.29, 1.82) is 0 Å². The van der Waals surface area contributed by atoms with Gasteiger partial charge in [0.05, 0.1) is 0 Å². The largest absolute Gasteiger partial charge is 0.501 e. The maximum atomic E-state index is 5.61. The second-order valence-corrected chi connectivity index (χ2v) is 11.9. The van der Waals surface area contributed by atoms with Crippen LogP contribution in [0, 0.1) is 0 Å². The average molecular weight is 468 g/mol. The summed E-state index contributed by atoms with van der Waals surface area (Å²) in [6.07, 6.45) is 22.4. The molecule has 0 saturated carbocycles. The first kappa shape index (κ1) is 32.5. The highest BCUT2D eigenvalue weighted by molar-refractivity contribution is 6.60. The first-order valence-corrected chi connectivity index (χ1v) is 14.3. The normalized spacial score (nSPS) is 12.9. The molecule has 6 heteroatoms. The predicted octanol–water partition coefficient (Wildman–Crippen LogP) is 7.48. The van der Waals surface area contributed by atoms with Crippen LogP contribution in [0.5, 0.6) is 0 Å². The van der Waals surface area contributed by atoms with Crippen LogP contribution in [0.3, 0.4) is 0 Å². The molecule has 0 spiro atoms. The SMILES string of the molecule is CCCCCCCCCCCCCCCCCC(C[Si](OC)(OC)OC)N(C)C.Cl. The van der Waals surface area contributed by atoms with Crippen molar-refractivity contribution in [2.45, 2.75) is 122 Å². The van der Waals surface area contributed by atoms with E-state index < -0.39 is 8.80 Å². The van der Waals surface area contributed by atoms with E-state index in [9.17, 15) is 0 Å². The summed E-state index contributed by atoms with van der Waals surface area (Å²) in [4.78, 5) is 2.29. The van der Waals surface area contributed by atoms with Crippen molar-refractivity contribution in [3.8, 4) is 0 Å². The van der Waals surface area contributed by atoms with Gasteiger partial charge in [-0.1, -0.05) is 103 Å². The van der Waals surface area contributed by atoms with Gasteiger partial charge in [0.15, 0.2) is 0 Å². The van der Waals surface area contributed by atoms with E-state index in [-0.39, 0.29) is 12.4 Å². The van der Waals surface area contributed by atoms with Crippen molar-refractivity contribution in [2.75, 3.05) is 35.4 Å². The van der Waals surface area contributed by atoms with E-state index in [0.717, 1.165) is 6.04 Å². The van der Waals surface area contributed by atoms with Gasteiger partial charge < -0.3 is 18.2 Å².